The monoisotopic (exact) mass is 287 g/mol. The quantitative estimate of drug-likeness (QED) is 0.618. The third-order valence-electron chi connectivity index (χ3n) is 2.39. The smallest absolute Gasteiger partial charge is 0.306 e. The third-order valence-corrected chi connectivity index (χ3v) is 3.74. The minimum Gasteiger partial charge on any atom is -0.469 e. The molecule has 1 aromatic carbocycles. The number of carbonyl (C=O) groups is 1. The minimum atomic E-state index is -0.183. The van der Waals surface area contributed by atoms with Crippen LogP contribution in [0.15, 0.2) is 23.1 Å². The summed E-state index contributed by atoms with van der Waals surface area (Å²) in [6, 6.07) is 5.99. The van der Waals surface area contributed by atoms with Crippen LogP contribution in [0.2, 0.25) is 5.02 Å². The number of halogens is 1. The molecule has 0 fully saturated rings. The number of esters is 1. The Bertz CT molecular complexity index is 399. The summed E-state index contributed by atoms with van der Waals surface area (Å²) in [5.74, 6) is 0.521. The molecular weight excluding hydrogens is 270 g/mol. The van der Waals surface area contributed by atoms with E-state index in [2.05, 4.69) is 17.0 Å². The van der Waals surface area contributed by atoms with E-state index in [1.165, 1.54) is 7.11 Å². The Kier molecular flexibility index (Phi) is 7.16. The van der Waals surface area contributed by atoms with Crippen LogP contribution in [0.1, 0.15) is 18.9 Å². The molecular formula is C13H18ClNO2S. The largest absolute Gasteiger partial charge is 0.469 e. The Morgan fingerprint density at radius 2 is 2.28 bits per heavy atom. The van der Waals surface area contributed by atoms with Gasteiger partial charge in [-0.05, 0) is 24.2 Å². The Hall–Kier alpha value is -0.710. The molecule has 0 saturated carbocycles. The van der Waals surface area contributed by atoms with E-state index in [1.807, 2.05) is 18.2 Å². The van der Waals surface area contributed by atoms with Gasteiger partial charge in [-0.1, -0.05) is 24.6 Å². The molecule has 0 atom stereocenters. The predicted octanol–water partition coefficient (Wildman–Crippen LogP) is 3.10. The van der Waals surface area contributed by atoms with Crippen molar-refractivity contribution in [2.75, 3.05) is 19.4 Å². The van der Waals surface area contributed by atoms with Gasteiger partial charge in [0.25, 0.3) is 0 Å². The van der Waals surface area contributed by atoms with E-state index in [0.29, 0.717) is 12.2 Å². The summed E-state index contributed by atoms with van der Waals surface area (Å²) in [6.07, 6.45) is 0.415. The molecule has 0 amide bonds. The van der Waals surface area contributed by atoms with Crippen molar-refractivity contribution >= 4 is 29.3 Å². The Labute approximate surface area is 117 Å². The van der Waals surface area contributed by atoms with Gasteiger partial charge in [0.05, 0.1) is 13.5 Å². The standard InChI is InChI=1S/C13H18ClNO2S/c1-3-15-9-10-4-5-11(8-12(10)14)18-7-6-13(16)17-2/h4-5,8,15H,3,6-7,9H2,1-2H3. The van der Waals surface area contributed by atoms with E-state index in [0.717, 1.165) is 28.6 Å². The lowest BCUT2D eigenvalue weighted by Crippen LogP contribution is -2.11. The Morgan fingerprint density at radius 1 is 1.50 bits per heavy atom. The first-order chi connectivity index (χ1) is 8.67. The van der Waals surface area contributed by atoms with E-state index in [9.17, 15) is 4.79 Å². The maximum Gasteiger partial charge on any atom is 0.306 e. The van der Waals surface area contributed by atoms with Gasteiger partial charge in [-0.25, -0.2) is 0 Å². The third kappa shape index (κ3) is 5.29. The lowest BCUT2D eigenvalue weighted by atomic mass is 10.2. The molecule has 0 unspecified atom stereocenters. The van der Waals surface area contributed by atoms with Crippen LogP contribution in [0.25, 0.3) is 0 Å². The molecule has 0 saturated heterocycles. The topological polar surface area (TPSA) is 38.3 Å². The van der Waals surface area contributed by atoms with E-state index < -0.39 is 0 Å². The average molecular weight is 288 g/mol. The zero-order chi connectivity index (χ0) is 13.4. The first-order valence-electron chi connectivity index (χ1n) is 5.86. The van der Waals surface area contributed by atoms with Crippen LogP contribution in [0.3, 0.4) is 0 Å². The van der Waals surface area contributed by atoms with Gasteiger partial charge in [-0.15, -0.1) is 11.8 Å². The lowest BCUT2D eigenvalue weighted by molar-refractivity contribution is -0.140. The van der Waals surface area contributed by atoms with Crippen molar-refractivity contribution in [3.05, 3.63) is 28.8 Å². The maximum atomic E-state index is 11.0. The molecule has 0 bridgehead atoms. The highest BCUT2D eigenvalue weighted by atomic mass is 35.5. The fourth-order valence-corrected chi connectivity index (χ4v) is 2.56. The van der Waals surface area contributed by atoms with Crippen LogP contribution in [0, 0.1) is 0 Å². The molecule has 5 heteroatoms. The molecule has 1 aromatic rings. The number of nitrogens with one attached hydrogen (secondary N) is 1. The van der Waals surface area contributed by atoms with Crippen LogP contribution < -0.4 is 5.32 Å². The number of benzene rings is 1. The molecule has 0 radical (unpaired) electrons. The molecule has 3 nitrogen and oxygen atoms in total. The van der Waals surface area contributed by atoms with E-state index in [4.69, 9.17) is 11.6 Å². The van der Waals surface area contributed by atoms with Crippen LogP contribution in [-0.2, 0) is 16.1 Å². The summed E-state index contributed by atoms with van der Waals surface area (Å²) >= 11 is 7.79. The Morgan fingerprint density at radius 3 is 2.89 bits per heavy atom. The molecule has 100 valence electrons. The normalized spacial score (nSPS) is 10.4. The first kappa shape index (κ1) is 15.3. The van der Waals surface area contributed by atoms with Crippen molar-refractivity contribution in [3.63, 3.8) is 0 Å². The van der Waals surface area contributed by atoms with Crippen molar-refractivity contribution in [2.45, 2.75) is 24.8 Å². The molecule has 0 aromatic heterocycles. The fourth-order valence-electron chi connectivity index (χ4n) is 1.38. The van der Waals surface area contributed by atoms with E-state index in [-0.39, 0.29) is 5.97 Å². The summed E-state index contributed by atoms with van der Waals surface area (Å²) in [6.45, 7) is 3.76. The second kappa shape index (κ2) is 8.40. The van der Waals surface area contributed by atoms with Crippen molar-refractivity contribution in [2.24, 2.45) is 0 Å². The van der Waals surface area contributed by atoms with E-state index >= 15 is 0 Å². The second-order valence-electron chi connectivity index (χ2n) is 3.71. The molecule has 0 heterocycles. The number of methoxy groups -OCH3 is 1. The fraction of sp³-hybridized carbons (Fsp3) is 0.462. The minimum absolute atomic E-state index is 0.183. The number of rotatable bonds is 7. The van der Waals surface area contributed by atoms with Gasteiger partial charge in [0.1, 0.15) is 0 Å². The van der Waals surface area contributed by atoms with E-state index in [1.54, 1.807) is 11.8 Å². The van der Waals surface area contributed by atoms with Crippen molar-refractivity contribution < 1.29 is 9.53 Å². The zero-order valence-electron chi connectivity index (χ0n) is 10.7. The van der Waals surface area contributed by atoms with Gasteiger partial charge in [0.15, 0.2) is 0 Å². The highest BCUT2D eigenvalue weighted by molar-refractivity contribution is 7.99. The van der Waals surface area contributed by atoms with Gasteiger partial charge in [0.2, 0.25) is 0 Å². The Balaban J connectivity index is 2.48. The molecule has 0 aliphatic heterocycles. The summed E-state index contributed by atoms with van der Waals surface area (Å²) < 4.78 is 4.59. The number of thioether (sulfide) groups is 1. The molecule has 0 aliphatic carbocycles. The van der Waals surface area contributed by atoms with Crippen LogP contribution in [0.5, 0.6) is 0 Å². The molecule has 1 rings (SSSR count). The summed E-state index contributed by atoms with van der Waals surface area (Å²) in [5, 5.41) is 4.00. The van der Waals surface area contributed by atoms with Crippen molar-refractivity contribution in [1.82, 2.24) is 5.32 Å². The molecule has 1 N–H and O–H groups in total. The SMILES string of the molecule is CCNCc1ccc(SCCC(=O)OC)cc1Cl. The predicted molar refractivity (Wildman–Crippen MR) is 76.2 cm³/mol. The van der Waals surface area contributed by atoms with Gasteiger partial charge in [-0.2, -0.15) is 0 Å². The molecule has 0 aliphatic rings. The maximum absolute atomic E-state index is 11.0. The first-order valence-corrected chi connectivity index (χ1v) is 7.22. The van der Waals surface area contributed by atoms with Gasteiger partial charge in [-0.3, -0.25) is 4.79 Å². The van der Waals surface area contributed by atoms with Crippen LogP contribution in [-0.4, -0.2) is 25.4 Å². The van der Waals surface area contributed by atoms with Crippen molar-refractivity contribution in [1.29, 1.82) is 0 Å². The summed E-state index contributed by atoms with van der Waals surface area (Å²) in [7, 11) is 1.40. The lowest BCUT2D eigenvalue weighted by Gasteiger charge is -2.07. The zero-order valence-corrected chi connectivity index (χ0v) is 12.2. The molecule has 18 heavy (non-hydrogen) atoms. The average Bonchev–Trinajstić information content (AvgIpc) is 2.37. The summed E-state index contributed by atoms with van der Waals surface area (Å²) in [5.41, 5.74) is 1.09. The highest BCUT2D eigenvalue weighted by Gasteiger charge is 2.04. The highest BCUT2D eigenvalue weighted by Crippen LogP contribution is 2.25. The second-order valence-corrected chi connectivity index (χ2v) is 5.28. The number of hydrogen-bond acceptors (Lipinski definition) is 4. The number of ether oxygens (including phenoxy) is 1. The number of hydrogen-bond donors (Lipinski definition) is 1. The van der Waals surface area contributed by atoms with Gasteiger partial charge >= 0.3 is 5.97 Å². The number of carbonyl (C=O) groups excluding carboxylic acids is 1. The molecule has 0 spiro atoms. The van der Waals surface area contributed by atoms with Gasteiger partial charge < -0.3 is 10.1 Å². The summed E-state index contributed by atoms with van der Waals surface area (Å²) in [4.78, 5) is 12.0. The van der Waals surface area contributed by atoms with Gasteiger partial charge in [0, 0.05) is 22.2 Å². The van der Waals surface area contributed by atoms with Crippen molar-refractivity contribution in [3.8, 4) is 0 Å². The van der Waals surface area contributed by atoms with Crippen LogP contribution >= 0.6 is 23.4 Å². The van der Waals surface area contributed by atoms with Crippen LogP contribution in [0.4, 0.5) is 0 Å².